The van der Waals surface area contributed by atoms with Crippen LogP contribution in [0.4, 0.5) is 5.69 Å². The van der Waals surface area contributed by atoms with Crippen LogP contribution in [0.5, 0.6) is 0 Å². The highest BCUT2D eigenvalue weighted by Crippen LogP contribution is 2.42. The van der Waals surface area contributed by atoms with E-state index in [1.165, 1.54) is 0 Å². The second-order valence-electron chi connectivity index (χ2n) is 6.16. The van der Waals surface area contributed by atoms with Gasteiger partial charge in [0.1, 0.15) is 0 Å². The molecule has 2 unspecified atom stereocenters. The molecule has 1 heterocycles. The maximum Gasteiger partial charge on any atom is 0.228 e. The lowest BCUT2D eigenvalue weighted by atomic mass is 10.2. The average Bonchev–Trinajstić information content (AvgIpc) is 3.32. The molecule has 1 aromatic carbocycles. The van der Waals surface area contributed by atoms with Gasteiger partial charge >= 0.3 is 0 Å². The SMILES string of the molecule is CN1CCN(C(=O)C2CC2C(=O)Nc2c(Cl)cccc2Cl)CC1. The van der Waals surface area contributed by atoms with Gasteiger partial charge in [0.25, 0.3) is 0 Å². The standard InChI is InChI=1S/C16H19Cl2N3O2/c1-20-5-7-21(8-6-20)16(23)11-9-10(11)15(22)19-14-12(17)3-2-4-13(14)18/h2-4,10-11H,5-9H2,1H3,(H,19,22). The molecule has 5 nitrogen and oxygen atoms in total. The summed E-state index contributed by atoms with van der Waals surface area (Å²) in [4.78, 5) is 28.8. The third-order valence-electron chi connectivity index (χ3n) is 4.47. The molecule has 2 aliphatic rings. The molecule has 1 saturated carbocycles. The number of rotatable bonds is 3. The lowest BCUT2D eigenvalue weighted by Gasteiger charge is -2.32. The van der Waals surface area contributed by atoms with Crippen LogP contribution in [0.15, 0.2) is 18.2 Å². The Morgan fingerprint density at radius 3 is 2.30 bits per heavy atom. The number of nitrogens with zero attached hydrogens (tertiary/aromatic N) is 2. The van der Waals surface area contributed by atoms with E-state index in [0.29, 0.717) is 22.2 Å². The highest BCUT2D eigenvalue weighted by Gasteiger charge is 2.49. The van der Waals surface area contributed by atoms with Gasteiger partial charge in [-0.2, -0.15) is 0 Å². The van der Waals surface area contributed by atoms with Crippen LogP contribution in [-0.4, -0.2) is 54.8 Å². The van der Waals surface area contributed by atoms with E-state index in [1.54, 1.807) is 18.2 Å². The van der Waals surface area contributed by atoms with E-state index in [9.17, 15) is 9.59 Å². The number of carbonyl (C=O) groups is 2. The minimum absolute atomic E-state index is 0.0866. The predicted molar refractivity (Wildman–Crippen MR) is 90.8 cm³/mol. The van der Waals surface area contributed by atoms with Gasteiger partial charge in [-0.15, -0.1) is 0 Å². The molecule has 2 fully saturated rings. The molecule has 2 atom stereocenters. The number of hydrogen-bond donors (Lipinski definition) is 1. The summed E-state index contributed by atoms with van der Waals surface area (Å²) < 4.78 is 0. The van der Waals surface area contributed by atoms with E-state index >= 15 is 0 Å². The van der Waals surface area contributed by atoms with Crippen molar-refractivity contribution in [2.45, 2.75) is 6.42 Å². The summed E-state index contributed by atoms with van der Waals surface area (Å²) in [5.41, 5.74) is 0.415. The van der Waals surface area contributed by atoms with Crippen LogP contribution in [0, 0.1) is 11.8 Å². The first-order chi connectivity index (χ1) is 11.0. The Hall–Kier alpha value is -1.30. The number of likely N-dealkylation sites (N-methyl/N-ethyl adjacent to an activating group) is 1. The number of piperazine rings is 1. The first kappa shape index (κ1) is 16.6. The van der Waals surface area contributed by atoms with Gasteiger partial charge in [0.05, 0.1) is 27.6 Å². The topological polar surface area (TPSA) is 52.7 Å². The van der Waals surface area contributed by atoms with Crippen molar-refractivity contribution in [2.24, 2.45) is 11.8 Å². The Bertz CT molecular complexity index is 610. The summed E-state index contributed by atoms with van der Waals surface area (Å²) in [7, 11) is 2.04. The van der Waals surface area contributed by atoms with Gasteiger partial charge in [-0.3, -0.25) is 9.59 Å². The van der Waals surface area contributed by atoms with E-state index in [1.807, 2.05) is 11.9 Å². The van der Waals surface area contributed by atoms with Gasteiger partial charge in [-0.1, -0.05) is 29.3 Å². The van der Waals surface area contributed by atoms with Gasteiger partial charge in [-0.25, -0.2) is 0 Å². The number of hydrogen-bond acceptors (Lipinski definition) is 3. The first-order valence-electron chi connectivity index (χ1n) is 7.69. The number of halogens is 2. The minimum atomic E-state index is -0.283. The zero-order valence-electron chi connectivity index (χ0n) is 12.9. The molecule has 1 N–H and O–H groups in total. The highest BCUT2D eigenvalue weighted by molar-refractivity contribution is 6.39. The summed E-state index contributed by atoms with van der Waals surface area (Å²) >= 11 is 12.1. The van der Waals surface area contributed by atoms with Crippen molar-refractivity contribution in [3.8, 4) is 0 Å². The second-order valence-corrected chi connectivity index (χ2v) is 6.98. The van der Waals surface area contributed by atoms with E-state index in [2.05, 4.69) is 10.2 Å². The molecular weight excluding hydrogens is 337 g/mol. The fourth-order valence-corrected chi connectivity index (χ4v) is 3.34. The molecule has 1 saturated heterocycles. The summed E-state index contributed by atoms with van der Waals surface area (Å²) in [6.07, 6.45) is 0.596. The lowest BCUT2D eigenvalue weighted by Crippen LogP contribution is -2.48. The van der Waals surface area contributed by atoms with Crippen LogP contribution < -0.4 is 5.32 Å². The largest absolute Gasteiger partial charge is 0.340 e. The number of benzene rings is 1. The summed E-state index contributed by atoms with van der Waals surface area (Å²) in [6, 6.07) is 5.06. The predicted octanol–water partition coefficient (Wildman–Crippen LogP) is 2.34. The molecular formula is C16H19Cl2N3O2. The highest BCUT2D eigenvalue weighted by atomic mass is 35.5. The van der Waals surface area contributed by atoms with Crippen molar-refractivity contribution in [1.29, 1.82) is 0 Å². The minimum Gasteiger partial charge on any atom is -0.340 e. The number of anilines is 1. The molecule has 2 amide bonds. The Morgan fingerprint density at radius 1 is 1.09 bits per heavy atom. The van der Waals surface area contributed by atoms with E-state index in [0.717, 1.165) is 26.2 Å². The van der Waals surface area contributed by atoms with Gasteiger partial charge in [0.2, 0.25) is 11.8 Å². The molecule has 0 aromatic heterocycles. The zero-order valence-corrected chi connectivity index (χ0v) is 14.4. The van der Waals surface area contributed by atoms with Crippen LogP contribution in [-0.2, 0) is 9.59 Å². The Labute approximate surface area is 145 Å². The van der Waals surface area contributed by atoms with Crippen molar-refractivity contribution in [3.05, 3.63) is 28.2 Å². The summed E-state index contributed by atoms with van der Waals surface area (Å²) in [6.45, 7) is 3.22. The number of carbonyl (C=O) groups excluding carboxylic acids is 2. The second kappa shape index (κ2) is 6.67. The van der Waals surface area contributed by atoms with Crippen LogP contribution in [0.2, 0.25) is 10.0 Å². The molecule has 0 bridgehead atoms. The molecule has 124 valence electrons. The van der Waals surface area contributed by atoms with E-state index in [-0.39, 0.29) is 23.7 Å². The van der Waals surface area contributed by atoms with Gasteiger partial charge in [0.15, 0.2) is 0 Å². The quantitative estimate of drug-likeness (QED) is 0.905. The molecule has 3 rings (SSSR count). The number of nitrogens with one attached hydrogen (secondary N) is 1. The zero-order chi connectivity index (χ0) is 16.6. The Morgan fingerprint density at radius 2 is 1.70 bits per heavy atom. The molecule has 0 radical (unpaired) electrons. The molecule has 1 aromatic rings. The Kier molecular flexibility index (Phi) is 4.80. The molecule has 1 aliphatic carbocycles. The average molecular weight is 356 g/mol. The van der Waals surface area contributed by atoms with Crippen molar-refractivity contribution in [3.63, 3.8) is 0 Å². The van der Waals surface area contributed by atoms with Crippen molar-refractivity contribution < 1.29 is 9.59 Å². The van der Waals surface area contributed by atoms with Crippen LogP contribution >= 0.6 is 23.2 Å². The number of amides is 2. The number of para-hydroxylation sites is 1. The van der Waals surface area contributed by atoms with E-state index in [4.69, 9.17) is 23.2 Å². The molecule has 0 spiro atoms. The lowest BCUT2D eigenvalue weighted by molar-refractivity contribution is -0.135. The Balaban J connectivity index is 1.58. The fraction of sp³-hybridized carbons (Fsp3) is 0.500. The maximum atomic E-state index is 12.4. The van der Waals surface area contributed by atoms with Crippen LogP contribution in [0.25, 0.3) is 0 Å². The van der Waals surface area contributed by atoms with Crippen molar-refractivity contribution >= 4 is 40.7 Å². The summed E-state index contributed by atoms with van der Waals surface area (Å²) in [5.74, 6) is -0.592. The normalized spacial score (nSPS) is 24.4. The van der Waals surface area contributed by atoms with Gasteiger partial charge in [0, 0.05) is 26.2 Å². The summed E-state index contributed by atoms with van der Waals surface area (Å²) in [5, 5.41) is 3.55. The van der Waals surface area contributed by atoms with Crippen molar-refractivity contribution in [1.82, 2.24) is 9.80 Å². The third kappa shape index (κ3) is 3.62. The van der Waals surface area contributed by atoms with Crippen LogP contribution in [0.3, 0.4) is 0 Å². The molecule has 1 aliphatic heterocycles. The van der Waals surface area contributed by atoms with Crippen molar-refractivity contribution in [2.75, 3.05) is 38.5 Å². The maximum absolute atomic E-state index is 12.4. The van der Waals surface area contributed by atoms with Gasteiger partial charge in [-0.05, 0) is 25.6 Å². The fourth-order valence-electron chi connectivity index (χ4n) is 2.85. The molecule has 7 heteroatoms. The smallest absolute Gasteiger partial charge is 0.228 e. The first-order valence-corrected chi connectivity index (χ1v) is 8.45. The van der Waals surface area contributed by atoms with E-state index < -0.39 is 0 Å². The van der Waals surface area contributed by atoms with Gasteiger partial charge < -0.3 is 15.1 Å². The molecule has 23 heavy (non-hydrogen) atoms. The third-order valence-corrected chi connectivity index (χ3v) is 5.10. The monoisotopic (exact) mass is 355 g/mol. The van der Waals surface area contributed by atoms with Crippen LogP contribution in [0.1, 0.15) is 6.42 Å².